The number of aryl methyl sites for hydroxylation is 1. The van der Waals surface area contributed by atoms with E-state index in [0.29, 0.717) is 11.6 Å². The highest BCUT2D eigenvalue weighted by molar-refractivity contribution is 5.73. The molecule has 2 aromatic carbocycles. The molecule has 2 N–H and O–H groups in total. The molecule has 172 valence electrons. The van der Waals surface area contributed by atoms with Crippen molar-refractivity contribution in [2.45, 2.75) is 53.4 Å². The van der Waals surface area contributed by atoms with Gasteiger partial charge in [-0.2, -0.15) is 0 Å². The monoisotopic (exact) mass is 438 g/mol. The number of hydrogen-bond donors (Lipinski definition) is 1. The Balaban J connectivity index is 0.00000122. The lowest BCUT2D eigenvalue weighted by molar-refractivity contribution is 0.315. The van der Waals surface area contributed by atoms with Gasteiger partial charge in [0.05, 0.1) is 5.70 Å². The summed E-state index contributed by atoms with van der Waals surface area (Å²) in [6, 6.07) is 17.3. The molecule has 0 aromatic heterocycles. The first-order valence-electron chi connectivity index (χ1n) is 11.6. The molecular weight excluding hydrogens is 400 g/mol. The van der Waals surface area contributed by atoms with Gasteiger partial charge in [-0.15, -0.1) is 12.3 Å². The Hall–Kier alpha value is -3.44. The van der Waals surface area contributed by atoms with Gasteiger partial charge in [-0.1, -0.05) is 74.2 Å². The summed E-state index contributed by atoms with van der Waals surface area (Å²) in [6.45, 7) is 16.5. The third-order valence-electron chi connectivity index (χ3n) is 6.03. The molecule has 0 saturated heterocycles. The fraction of sp³-hybridized carbons (Fsp3) is 0.290. The van der Waals surface area contributed by atoms with Gasteiger partial charge >= 0.3 is 0 Å². The van der Waals surface area contributed by atoms with Crippen molar-refractivity contribution in [3.05, 3.63) is 113 Å². The Labute approximate surface area is 201 Å². The number of benzene rings is 2. The van der Waals surface area contributed by atoms with Crippen molar-refractivity contribution in [2.75, 3.05) is 0 Å². The second-order valence-corrected chi connectivity index (χ2v) is 8.57. The maximum absolute atomic E-state index is 6.32. The van der Waals surface area contributed by atoms with Crippen molar-refractivity contribution in [2.24, 2.45) is 11.7 Å². The zero-order valence-electron chi connectivity index (χ0n) is 20.7. The van der Waals surface area contributed by atoms with E-state index in [1.165, 1.54) is 41.5 Å². The van der Waals surface area contributed by atoms with Gasteiger partial charge in [0, 0.05) is 17.6 Å². The molecule has 0 radical (unpaired) electrons. The SMILES string of the molecule is C#CC.C=C(N)/C(=C(/C)c1ccc(Cc2ccccc2)cc1C)N(/C=C\C)C(=C)C1CCC1. The zero-order valence-corrected chi connectivity index (χ0v) is 20.7. The topological polar surface area (TPSA) is 29.3 Å². The molecule has 3 rings (SSSR count). The summed E-state index contributed by atoms with van der Waals surface area (Å²) in [7, 11) is 0. The first kappa shape index (κ1) is 25.8. The van der Waals surface area contributed by atoms with E-state index >= 15 is 0 Å². The van der Waals surface area contributed by atoms with Crippen LogP contribution in [0.5, 0.6) is 0 Å². The molecule has 0 amide bonds. The molecule has 1 aliphatic carbocycles. The molecule has 0 atom stereocenters. The predicted octanol–water partition coefficient (Wildman–Crippen LogP) is 7.58. The van der Waals surface area contributed by atoms with Crippen LogP contribution in [0.1, 0.15) is 62.3 Å². The molecule has 0 heterocycles. The maximum Gasteiger partial charge on any atom is 0.0712 e. The van der Waals surface area contributed by atoms with Crippen molar-refractivity contribution in [1.82, 2.24) is 4.90 Å². The second-order valence-electron chi connectivity index (χ2n) is 8.57. The fourth-order valence-corrected chi connectivity index (χ4v) is 4.19. The van der Waals surface area contributed by atoms with Crippen molar-refractivity contribution < 1.29 is 0 Å². The molecule has 0 spiro atoms. The van der Waals surface area contributed by atoms with Gasteiger partial charge in [0.2, 0.25) is 0 Å². The van der Waals surface area contributed by atoms with E-state index in [1.807, 2.05) is 13.0 Å². The van der Waals surface area contributed by atoms with E-state index in [4.69, 9.17) is 5.73 Å². The molecule has 0 unspecified atom stereocenters. The molecule has 2 aromatic rings. The van der Waals surface area contributed by atoms with E-state index in [9.17, 15) is 0 Å². The standard InChI is InChI=1S/C28H34N2.C3H4/c1-6-17-30(23(5)26-13-10-14-26)28(22(4)29)21(3)27-16-15-25(18-20(27)2)19-24-11-8-7-9-12-24;1-3-2/h6-9,11-12,15-18,26H,4-5,10,13-14,19,29H2,1-3H3;1H,2H3/b17-6-,28-21+;. The van der Waals surface area contributed by atoms with E-state index in [0.717, 1.165) is 23.4 Å². The Kier molecular flexibility index (Phi) is 9.83. The van der Waals surface area contributed by atoms with Gasteiger partial charge in [0.1, 0.15) is 0 Å². The van der Waals surface area contributed by atoms with E-state index in [1.54, 1.807) is 6.92 Å². The zero-order chi connectivity index (χ0) is 24.4. The number of hydrogen-bond acceptors (Lipinski definition) is 2. The van der Waals surface area contributed by atoms with Crippen LogP contribution in [0.25, 0.3) is 5.57 Å². The number of allylic oxidation sites excluding steroid dienone is 3. The van der Waals surface area contributed by atoms with Gasteiger partial charge < -0.3 is 10.6 Å². The minimum Gasteiger partial charge on any atom is -0.398 e. The second kappa shape index (κ2) is 12.6. The molecule has 2 heteroatoms. The van der Waals surface area contributed by atoms with Crippen LogP contribution in [-0.2, 0) is 6.42 Å². The molecule has 33 heavy (non-hydrogen) atoms. The molecule has 0 bridgehead atoms. The predicted molar refractivity (Wildman–Crippen MR) is 144 cm³/mol. The average Bonchev–Trinajstić information content (AvgIpc) is 2.73. The number of nitrogens with zero attached hydrogens (tertiary/aromatic N) is 1. The number of rotatable bonds is 8. The summed E-state index contributed by atoms with van der Waals surface area (Å²) >= 11 is 0. The van der Waals surface area contributed by atoms with E-state index in [-0.39, 0.29) is 0 Å². The Morgan fingerprint density at radius 2 is 1.79 bits per heavy atom. The smallest absolute Gasteiger partial charge is 0.0712 e. The van der Waals surface area contributed by atoms with Crippen LogP contribution >= 0.6 is 0 Å². The van der Waals surface area contributed by atoms with Crippen molar-refractivity contribution >= 4 is 5.57 Å². The molecule has 0 aliphatic heterocycles. The normalized spacial score (nSPS) is 13.8. The summed E-state index contributed by atoms with van der Waals surface area (Å²) in [5.74, 6) is 2.78. The van der Waals surface area contributed by atoms with E-state index < -0.39 is 0 Å². The van der Waals surface area contributed by atoms with Gasteiger partial charge in [0.15, 0.2) is 0 Å². The molecule has 2 nitrogen and oxygen atoms in total. The Morgan fingerprint density at radius 3 is 2.27 bits per heavy atom. The molecule has 1 aliphatic rings. The summed E-state index contributed by atoms with van der Waals surface area (Å²) in [6.07, 6.45) is 13.3. The van der Waals surface area contributed by atoms with Crippen LogP contribution in [0.4, 0.5) is 0 Å². The minimum atomic E-state index is 0.526. The maximum atomic E-state index is 6.32. The highest BCUT2D eigenvalue weighted by Crippen LogP contribution is 2.38. The van der Waals surface area contributed by atoms with E-state index in [2.05, 4.69) is 99.0 Å². The average molecular weight is 439 g/mol. The number of terminal acetylenes is 1. The third kappa shape index (κ3) is 6.77. The number of nitrogens with two attached hydrogens (primary N) is 1. The van der Waals surface area contributed by atoms with Crippen LogP contribution in [-0.4, -0.2) is 4.90 Å². The minimum absolute atomic E-state index is 0.526. The van der Waals surface area contributed by atoms with Crippen LogP contribution in [0.15, 0.2) is 91.1 Å². The van der Waals surface area contributed by atoms with Gasteiger partial charge in [-0.3, -0.25) is 0 Å². The van der Waals surface area contributed by atoms with Crippen molar-refractivity contribution in [3.63, 3.8) is 0 Å². The quantitative estimate of drug-likeness (QED) is 0.340. The van der Waals surface area contributed by atoms with Crippen LogP contribution in [0.2, 0.25) is 0 Å². The Morgan fingerprint density at radius 1 is 1.15 bits per heavy atom. The third-order valence-corrected chi connectivity index (χ3v) is 6.03. The van der Waals surface area contributed by atoms with Crippen molar-refractivity contribution in [3.8, 4) is 12.3 Å². The van der Waals surface area contributed by atoms with Crippen molar-refractivity contribution in [1.29, 1.82) is 0 Å². The lowest BCUT2D eigenvalue weighted by atomic mass is 9.82. The summed E-state index contributed by atoms with van der Waals surface area (Å²) in [4.78, 5) is 2.15. The molecular formula is C31H38N2. The first-order valence-corrected chi connectivity index (χ1v) is 11.6. The van der Waals surface area contributed by atoms with Gasteiger partial charge in [-0.25, -0.2) is 0 Å². The van der Waals surface area contributed by atoms with Gasteiger partial charge in [-0.05, 0) is 80.7 Å². The lowest BCUT2D eigenvalue weighted by Crippen LogP contribution is -2.28. The Bertz CT molecular complexity index is 1060. The van der Waals surface area contributed by atoms with Crippen LogP contribution in [0.3, 0.4) is 0 Å². The molecule has 1 saturated carbocycles. The summed E-state index contributed by atoms with van der Waals surface area (Å²) in [5, 5.41) is 0. The summed E-state index contributed by atoms with van der Waals surface area (Å²) < 4.78 is 0. The fourth-order valence-electron chi connectivity index (χ4n) is 4.19. The highest BCUT2D eigenvalue weighted by atomic mass is 15.1. The van der Waals surface area contributed by atoms with Gasteiger partial charge in [0.25, 0.3) is 0 Å². The van der Waals surface area contributed by atoms with Crippen LogP contribution < -0.4 is 5.73 Å². The molecule has 1 fully saturated rings. The summed E-state index contributed by atoms with van der Waals surface area (Å²) in [5.41, 5.74) is 15.2. The largest absolute Gasteiger partial charge is 0.398 e. The van der Waals surface area contributed by atoms with Crippen LogP contribution in [0, 0.1) is 25.2 Å². The first-order chi connectivity index (χ1) is 15.8. The lowest BCUT2D eigenvalue weighted by Gasteiger charge is -2.36. The highest BCUT2D eigenvalue weighted by Gasteiger charge is 2.26.